The zero-order valence-electron chi connectivity index (χ0n) is 10.6. The van der Waals surface area contributed by atoms with Gasteiger partial charge in [-0.25, -0.2) is 0 Å². The van der Waals surface area contributed by atoms with Gasteiger partial charge in [-0.1, -0.05) is 36.4 Å². The zero-order valence-corrected chi connectivity index (χ0v) is 10.6. The summed E-state index contributed by atoms with van der Waals surface area (Å²) in [5.74, 6) is 0. The maximum Gasteiger partial charge on any atom is 0.0998 e. The number of hydrogen-bond donors (Lipinski definition) is 1. The van der Waals surface area contributed by atoms with Gasteiger partial charge < -0.3 is 4.98 Å². The number of aromatic amines is 1. The topological polar surface area (TPSA) is 39.6 Å². The van der Waals surface area contributed by atoms with E-state index in [1.165, 1.54) is 11.3 Å². The number of nitrogens with zero attached hydrogens (tertiary/aromatic N) is 1. The fourth-order valence-corrected chi connectivity index (χ4v) is 2.37. The Morgan fingerprint density at radius 3 is 2.58 bits per heavy atom. The Hall–Kier alpha value is -2.53. The monoisotopic (exact) mass is 246 g/mol. The van der Waals surface area contributed by atoms with Crippen molar-refractivity contribution in [1.29, 1.82) is 5.26 Å². The van der Waals surface area contributed by atoms with Gasteiger partial charge in [0.15, 0.2) is 0 Å². The van der Waals surface area contributed by atoms with Crippen LogP contribution in [-0.4, -0.2) is 4.98 Å². The molecule has 3 rings (SSSR count). The van der Waals surface area contributed by atoms with Crippen molar-refractivity contribution in [2.24, 2.45) is 0 Å². The van der Waals surface area contributed by atoms with Crippen LogP contribution in [0.5, 0.6) is 0 Å². The van der Waals surface area contributed by atoms with Gasteiger partial charge in [-0.05, 0) is 36.6 Å². The summed E-state index contributed by atoms with van der Waals surface area (Å²) in [5.41, 5.74) is 4.30. The normalized spacial score (nSPS) is 10.5. The van der Waals surface area contributed by atoms with Crippen molar-refractivity contribution in [1.82, 2.24) is 4.98 Å². The van der Waals surface area contributed by atoms with Crippen molar-refractivity contribution in [3.05, 3.63) is 71.4 Å². The first-order chi connectivity index (χ1) is 9.36. The van der Waals surface area contributed by atoms with Crippen molar-refractivity contribution < 1.29 is 0 Å². The lowest BCUT2D eigenvalue weighted by molar-refractivity contribution is 0.930. The number of hydrogen-bond acceptors (Lipinski definition) is 1. The molecule has 2 nitrogen and oxygen atoms in total. The molecule has 92 valence electrons. The number of rotatable bonds is 3. The molecule has 1 heterocycles. The Balaban J connectivity index is 1.85. The van der Waals surface area contributed by atoms with Crippen LogP contribution in [0.4, 0.5) is 0 Å². The number of benzene rings is 2. The van der Waals surface area contributed by atoms with E-state index in [2.05, 4.69) is 41.4 Å². The molecule has 0 atom stereocenters. The largest absolute Gasteiger partial charge is 0.358 e. The predicted molar refractivity (Wildman–Crippen MR) is 76.9 cm³/mol. The van der Waals surface area contributed by atoms with Crippen LogP contribution >= 0.6 is 0 Å². The third-order valence-corrected chi connectivity index (χ3v) is 3.37. The minimum absolute atomic E-state index is 0.736. The SMILES string of the molecule is N#Cc1cccc2[nH]c(CCc3ccccc3)cc12. The van der Waals surface area contributed by atoms with Crippen LogP contribution in [0.15, 0.2) is 54.6 Å². The minimum Gasteiger partial charge on any atom is -0.358 e. The molecule has 1 aromatic heterocycles. The summed E-state index contributed by atoms with van der Waals surface area (Å²) in [5, 5.41) is 10.1. The second-order valence-corrected chi connectivity index (χ2v) is 4.66. The number of nitrogens with one attached hydrogen (secondary N) is 1. The van der Waals surface area contributed by atoms with Crippen molar-refractivity contribution in [3.63, 3.8) is 0 Å². The molecule has 0 saturated heterocycles. The molecule has 0 amide bonds. The summed E-state index contributed by atoms with van der Waals surface area (Å²) in [6, 6.07) is 20.6. The fraction of sp³-hybridized carbons (Fsp3) is 0.118. The van der Waals surface area contributed by atoms with Gasteiger partial charge in [-0.15, -0.1) is 0 Å². The Bertz CT molecular complexity index is 733. The molecule has 19 heavy (non-hydrogen) atoms. The third-order valence-electron chi connectivity index (χ3n) is 3.37. The molecule has 0 aliphatic rings. The van der Waals surface area contributed by atoms with E-state index in [9.17, 15) is 0 Å². The smallest absolute Gasteiger partial charge is 0.0998 e. The van der Waals surface area contributed by atoms with Crippen LogP contribution in [0, 0.1) is 11.3 Å². The fourth-order valence-electron chi connectivity index (χ4n) is 2.37. The highest BCUT2D eigenvalue weighted by molar-refractivity contribution is 5.86. The maximum absolute atomic E-state index is 9.09. The lowest BCUT2D eigenvalue weighted by atomic mass is 10.1. The summed E-state index contributed by atoms with van der Waals surface area (Å²) in [6.07, 6.45) is 1.97. The van der Waals surface area contributed by atoms with Gasteiger partial charge >= 0.3 is 0 Å². The number of aromatic nitrogens is 1. The van der Waals surface area contributed by atoms with Gasteiger partial charge in [-0.3, -0.25) is 0 Å². The van der Waals surface area contributed by atoms with Crippen molar-refractivity contribution >= 4 is 10.9 Å². The second kappa shape index (κ2) is 4.99. The highest BCUT2D eigenvalue weighted by Gasteiger charge is 2.05. The van der Waals surface area contributed by atoms with Gasteiger partial charge in [0.2, 0.25) is 0 Å². The first-order valence-corrected chi connectivity index (χ1v) is 6.41. The molecule has 0 unspecified atom stereocenters. The summed E-state index contributed by atoms with van der Waals surface area (Å²) < 4.78 is 0. The van der Waals surface area contributed by atoms with Gasteiger partial charge in [0.25, 0.3) is 0 Å². The van der Waals surface area contributed by atoms with Gasteiger partial charge in [0.05, 0.1) is 11.6 Å². The average molecular weight is 246 g/mol. The van der Waals surface area contributed by atoms with Crippen molar-refractivity contribution in [2.45, 2.75) is 12.8 Å². The van der Waals surface area contributed by atoms with E-state index in [0.717, 1.165) is 29.3 Å². The average Bonchev–Trinajstić information content (AvgIpc) is 2.89. The second-order valence-electron chi connectivity index (χ2n) is 4.66. The quantitative estimate of drug-likeness (QED) is 0.749. The van der Waals surface area contributed by atoms with Gasteiger partial charge in [0.1, 0.15) is 0 Å². The molecule has 0 fully saturated rings. The summed E-state index contributed by atoms with van der Waals surface area (Å²) >= 11 is 0. The van der Waals surface area contributed by atoms with Crippen LogP contribution < -0.4 is 0 Å². The molecule has 0 saturated carbocycles. The van der Waals surface area contributed by atoms with Crippen LogP contribution in [0.1, 0.15) is 16.8 Å². The van der Waals surface area contributed by atoms with Gasteiger partial charge in [-0.2, -0.15) is 5.26 Å². The number of H-pyrrole nitrogens is 1. The minimum atomic E-state index is 0.736. The Morgan fingerprint density at radius 2 is 1.79 bits per heavy atom. The van der Waals surface area contributed by atoms with E-state index in [4.69, 9.17) is 5.26 Å². The molecule has 0 spiro atoms. The molecule has 2 heteroatoms. The van der Waals surface area contributed by atoms with E-state index >= 15 is 0 Å². The molecular weight excluding hydrogens is 232 g/mol. The highest BCUT2D eigenvalue weighted by Crippen LogP contribution is 2.20. The van der Waals surface area contributed by atoms with Crippen LogP contribution in [0.3, 0.4) is 0 Å². The van der Waals surface area contributed by atoms with Crippen LogP contribution in [-0.2, 0) is 12.8 Å². The highest BCUT2D eigenvalue weighted by atomic mass is 14.7. The maximum atomic E-state index is 9.09. The first kappa shape index (κ1) is 11.6. The van der Waals surface area contributed by atoms with E-state index in [-0.39, 0.29) is 0 Å². The van der Waals surface area contributed by atoms with Crippen molar-refractivity contribution in [3.8, 4) is 6.07 Å². The lowest BCUT2D eigenvalue weighted by Gasteiger charge is -1.98. The summed E-state index contributed by atoms with van der Waals surface area (Å²) in [7, 11) is 0. The molecule has 0 bridgehead atoms. The summed E-state index contributed by atoms with van der Waals surface area (Å²) in [6.45, 7) is 0. The third kappa shape index (κ3) is 2.36. The Labute approximate surface area is 112 Å². The predicted octanol–water partition coefficient (Wildman–Crippen LogP) is 3.82. The van der Waals surface area contributed by atoms with E-state index in [0.29, 0.717) is 0 Å². The van der Waals surface area contributed by atoms with Crippen LogP contribution in [0.25, 0.3) is 10.9 Å². The van der Waals surface area contributed by atoms with Crippen molar-refractivity contribution in [2.75, 3.05) is 0 Å². The van der Waals surface area contributed by atoms with E-state index < -0.39 is 0 Å². The molecule has 3 aromatic rings. The molecule has 2 aromatic carbocycles. The molecule has 0 aliphatic carbocycles. The number of fused-ring (bicyclic) bond motifs is 1. The molecule has 1 N–H and O–H groups in total. The zero-order chi connectivity index (χ0) is 13.1. The molecule has 0 aliphatic heterocycles. The first-order valence-electron chi connectivity index (χ1n) is 6.41. The van der Waals surface area contributed by atoms with E-state index in [1.807, 2.05) is 24.3 Å². The van der Waals surface area contributed by atoms with Crippen LogP contribution in [0.2, 0.25) is 0 Å². The number of aryl methyl sites for hydroxylation is 2. The standard InChI is InChI=1S/C17H14N2/c18-12-14-7-4-8-17-16(14)11-15(19-17)10-9-13-5-2-1-3-6-13/h1-8,11,19H,9-10H2. The van der Waals surface area contributed by atoms with Gasteiger partial charge in [0, 0.05) is 16.6 Å². The number of nitriles is 1. The van der Waals surface area contributed by atoms with E-state index in [1.54, 1.807) is 0 Å². The summed E-state index contributed by atoms with van der Waals surface area (Å²) in [4.78, 5) is 3.39. The Morgan fingerprint density at radius 1 is 0.947 bits per heavy atom. The molecular formula is C17H14N2. The lowest BCUT2D eigenvalue weighted by Crippen LogP contribution is -1.90. The Kier molecular flexibility index (Phi) is 3.04. The molecule has 0 radical (unpaired) electrons.